The van der Waals surface area contributed by atoms with Crippen molar-refractivity contribution in [3.05, 3.63) is 41.5 Å². The average Bonchev–Trinajstić information content (AvgIpc) is 3.25. The van der Waals surface area contributed by atoms with Crippen LogP contribution >= 0.6 is 0 Å². The zero-order valence-corrected chi connectivity index (χ0v) is 21.7. The predicted octanol–water partition coefficient (Wildman–Crippen LogP) is 1.56. The number of halogens is 4. The van der Waals surface area contributed by atoms with Crippen LogP contribution in [0.4, 0.5) is 17.6 Å². The Morgan fingerprint density at radius 2 is 0.975 bits per heavy atom. The molecule has 1 aliphatic heterocycles. The summed E-state index contributed by atoms with van der Waals surface area (Å²) in [7, 11) is 0. The molecule has 224 valence electrons. The van der Waals surface area contributed by atoms with Crippen LogP contribution < -0.4 is 4.74 Å². The molecule has 0 N–H and O–H groups in total. The van der Waals surface area contributed by atoms with Crippen molar-refractivity contribution in [1.29, 1.82) is 0 Å². The number of benzene rings is 1. The third-order valence-electron chi connectivity index (χ3n) is 4.96. The number of esters is 1. The topological polar surface area (TPSA) is 119 Å². The summed E-state index contributed by atoms with van der Waals surface area (Å²) >= 11 is 0. The second-order valence-corrected chi connectivity index (χ2v) is 7.86. The highest BCUT2D eigenvalue weighted by atomic mass is 19.2. The van der Waals surface area contributed by atoms with E-state index in [1.807, 2.05) is 0 Å². The molecule has 40 heavy (non-hydrogen) atoms. The number of carbonyl (C=O) groups excluding carboxylic acids is 3. The van der Waals surface area contributed by atoms with Crippen molar-refractivity contribution in [2.75, 3.05) is 85.8 Å². The quantitative estimate of drug-likeness (QED) is 0.0499. The summed E-state index contributed by atoms with van der Waals surface area (Å²) in [4.78, 5) is 35.4. The Bertz CT molecular complexity index is 951. The molecule has 0 aromatic heterocycles. The van der Waals surface area contributed by atoms with Gasteiger partial charge in [0.15, 0.2) is 11.6 Å². The summed E-state index contributed by atoms with van der Waals surface area (Å²) in [5.74, 6) is -10.2. The third kappa shape index (κ3) is 12.5. The van der Waals surface area contributed by atoms with Crippen molar-refractivity contribution in [1.82, 2.24) is 4.90 Å². The smallest absolute Gasteiger partial charge is 0.313 e. The standard InChI is InChI=1S/C25H31F4NO10/c26-18-17-19(27)24(29)25(23(18)28)40-22(33)3-5-34-7-9-36-11-13-38-15-16-39-14-12-37-10-8-35-6-4-30-20(31)1-2-21(30)32/h1-2,17H,3-16H2. The molecule has 0 spiro atoms. The highest BCUT2D eigenvalue weighted by molar-refractivity contribution is 6.12. The van der Waals surface area contributed by atoms with E-state index in [-0.39, 0.29) is 57.5 Å². The fraction of sp³-hybridized carbons (Fsp3) is 0.560. The van der Waals surface area contributed by atoms with Gasteiger partial charge >= 0.3 is 5.97 Å². The predicted molar refractivity (Wildman–Crippen MR) is 127 cm³/mol. The van der Waals surface area contributed by atoms with Gasteiger partial charge in [-0.1, -0.05) is 0 Å². The lowest BCUT2D eigenvalue weighted by atomic mass is 10.3. The minimum absolute atomic E-state index is 0.0107. The molecule has 1 aliphatic rings. The monoisotopic (exact) mass is 581 g/mol. The van der Waals surface area contributed by atoms with E-state index in [0.29, 0.717) is 46.2 Å². The summed E-state index contributed by atoms with van der Waals surface area (Å²) in [5, 5.41) is 0. The van der Waals surface area contributed by atoms with Gasteiger partial charge in [-0.05, 0) is 0 Å². The molecule has 0 aliphatic carbocycles. The summed E-state index contributed by atoms with van der Waals surface area (Å²) < 4.78 is 89.2. The Morgan fingerprint density at radius 3 is 1.40 bits per heavy atom. The number of rotatable bonds is 22. The summed E-state index contributed by atoms with van der Waals surface area (Å²) in [5.41, 5.74) is 0. The van der Waals surface area contributed by atoms with Gasteiger partial charge < -0.3 is 33.2 Å². The first-order valence-electron chi connectivity index (χ1n) is 12.3. The van der Waals surface area contributed by atoms with Crippen LogP contribution in [-0.4, -0.2) is 109 Å². The molecule has 1 aromatic carbocycles. The molecule has 0 atom stereocenters. The van der Waals surface area contributed by atoms with E-state index in [0.717, 1.165) is 4.90 Å². The Kier molecular flexibility index (Phi) is 15.9. The van der Waals surface area contributed by atoms with Crippen LogP contribution in [0.25, 0.3) is 0 Å². The van der Waals surface area contributed by atoms with Crippen LogP contribution in [0.15, 0.2) is 18.2 Å². The van der Waals surface area contributed by atoms with E-state index < -0.39 is 41.4 Å². The molecule has 2 amide bonds. The van der Waals surface area contributed by atoms with Gasteiger partial charge in [0.2, 0.25) is 17.4 Å². The molecule has 15 heteroatoms. The molecule has 1 heterocycles. The first kappa shape index (κ1) is 33.3. The Morgan fingerprint density at radius 1 is 0.600 bits per heavy atom. The maximum Gasteiger partial charge on any atom is 0.313 e. The van der Waals surface area contributed by atoms with Crippen LogP contribution in [0.2, 0.25) is 0 Å². The van der Waals surface area contributed by atoms with Crippen molar-refractivity contribution in [3.63, 3.8) is 0 Å². The number of nitrogens with zero attached hydrogens (tertiary/aromatic N) is 1. The number of carbonyl (C=O) groups is 3. The third-order valence-corrected chi connectivity index (χ3v) is 4.96. The van der Waals surface area contributed by atoms with Gasteiger partial charge in [0.1, 0.15) is 0 Å². The first-order chi connectivity index (χ1) is 19.3. The van der Waals surface area contributed by atoms with Gasteiger partial charge in [0.25, 0.3) is 11.8 Å². The minimum Gasteiger partial charge on any atom is -0.420 e. The van der Waals surface area contributed by atoms with Gasteiger partial charge in [-0.3, -0.25) is 19.3 Å². The summed E-state index contributed by atoms with van der Waals surface area (Å²) in [6.45, 7) is 3.32. The van der Waals surface area contributed by atoms with Gasteiger partial charge in [-0.2, -0.15) is 8.78 Å². The van der Waals surface area contributed by atoms with Crippen molar-refractivity contribution >= 4 is 17.8 Å². The highest BCUT2D eigenvalue weighted by Crippen LogP contribution is 2.26. The molecule has 0 bridgehead atoms. The number of ether oxygens (including phenoxy) is 7. The molecule has 0 unspecified atom stereocenters. The Hall–Kier alpha value is -2.95. The number of hydrogen-bond donors (Lipinski definition) is 0. The molecular formula is C25H31F4NO10. The minimum atomic E-state index is -1.80. The molecule has 11 nitrogen and oxygen atoms in total. The summed E-state index contributed by atoms with van der Waals surface area (Å²) in [6.07, 6.45) is 2.04. The van der Waals surface area contributed by atoms with Crippen molar-refractivity contribution in [3.8, 4) is 5.75 Å². The second kappa shape index (κ2) is 19.2. The maximum atomic E-state index is 13.5. The zero-order chi connectivity index (χ0) is 29.2. The van der Waals surface area contributed by atoms with Crippen LogP contribution in [0.1, 0.15) is 6.42 Å². The fourth-order valence-electron chi connectivity index (χ4n) is 2.97. The molecule has 2 rings (SSSR count). The molecule has 0 radical (unpaired) electrons. The normalized spacial score (nSPS) is 13.1. The first-order valence-corrected chi connectivity index (χ1v) is 12.3. The molecule has 0 saturated heterocycles. The number of hydrogen-bond acceptors (Lipinski definition) is 10. The van der Waals surface area contributed by atoms with Crippen LogP contribution in [-0.2, 0) is 42.8 Å². The van der Waals surface area contributed by atoms with E-state index in [1.165, 1.54) is 12.2 Å². The molecule has 0 fully saturated rings. The lowest BCUT2D eigenvalue weighted by molar-refractivity contribution is -0.138. The van der Waals surface area contributed by atoms with Crippen molar-refractivity contribution < 1.29 is 65.1 Å². The van der Waals surface area contributed by atoms with Crippen molar-refractivity contribution in [2.24, 2.45) is 0 Å². The van der Waals surface area contributed by atoms with Crippen LogP contribution in [0.5, 0.6) is 5.75 Å². The van der Waals surface area contributed by atoms with E-state index in [9.17, 15) is 31.9 Å². The van der Waals surface area contributed by atoms with Gasteiger partial charge in [0, 0.05) is 18.2 Å². The molecule has 1 aromatic rings. The molecule has 0 saturated carbocycles. The zero-order valence-electron chi connectivity index (χ0n) is 21.7. The van der Waals surface area contributed by atoms with E-state index >= 15 is 0 Å². The van der Waals surface area contributed by atoms with Crippen molar-refractivity contribution in [2.45, 2.75) is 6.42 Å². The fourth-order valence-corrected chi connectivity index (χ4v) is 2.97. The lowest BCUT2D eigenvalue weighted by Gasteiger charge is -2.13. The number of amides is 2. The highest BCUT2D eigenvalue weighted by Gasteiger charge is 2.23. The van der Waals surface area contributed by atoms with Gasteiger partial charge in [-0.25, -0.2) is 8.78 Å². The van der Waals surface area contributed by atoms with E-state index in [2.05, 4.69) is 4.74 Å². The van der Waals surface area contributed by atoms with E-state index in [1.54, 1.807) is 0 Å². The van der Waals surface area contributed by atoms with Gasteiger partial charge in [0.05, 0.1) is 92.2 Å². The Labute approximate surface area is 227 Å². The number of imide groups is 1. The summed E-state index contributed by atoms with van der Waals surface area (Å²) in [6, 6.07) is 0.0107. The largest absolute Gasteiger partial charge is 0.420 e. The second-order valence-electron chi connectivity index (χ2n) is 7.86. The van der Waals surface area contributed by atoms with Crippen LogP contribution in [0, 0.1) is 23.3 Å². The SMILES string of the molecule is O=C(CCOCCOCCOCCOCCOCCOCCN1C(=O)C=CC1=O)Oc1c(F)c(F)cc(F)c1F. The average molecular weight is 582 g/mol. The molecular weight excluding hydrogens is 550 g/mol. The lowest BCUT2D eigenvalue weighted by Crippen LogP contribution is -2.33. The van der Waals surface area contributed by atoms with E-state index in [4.69, 9.17) is 28.4 Å². The van der Waals surface area contributed by atoms with Crippen LogP contribution in [0.3, 0.4) is 0 Å². The van der Waals surface area contributed by atoms with Gasteiger partial charge in [-0.15, -0.1) is 0 Å². The Balaban J connectivity index is 1.30. The maximum absolute atomic E-state index is 13.5.